The Kier molecular flexibility index (Phi) is 5.73. The van der Waals surface area contributed by atoms with Crippen LogP contribution in [0.3, 0.4) is 0 Å². The monoisotopic (exact) mass is 415 g/mol. The lowest BCUT2D eigenvalue weighted by molar-refractivity contribution is -0.128. The lowest BCUT2D eigenvalue weighted by Gasteiger charge is -2.35. The summed E-state index contributed by atoms with van der Waals surface area (Å²) in [6, 6.07) is 13.1. The van der Waals surface area contributed by atoms with Crippen molar-refractivity contribution in [3.8, 4) is 5.69 Å². The van der Waals surface area contributed by atoms with Crippen LogP contribution >= 0.6 is 23.4 Å². The number of nitrogens with zero attached hydrogens (tertiary/aromatic N) is 7. The van der Waals surface area contributed by atoms with Gasteiger partial charge < -0.3 is 9.80 Å². The number of hydrogen-bond acceptors (Lipinski definition) is 7. The van der Waals surface area contributed by atoms with Crippen molar-refractivity contribution in [3.63, 3.8) is 0 Å². The van der Waals surface area contributed by atoms with Gasteiger partial charge in [0.15, 0.2) is 0 Å². The summed E-state index contributed by atoms with van der Waals surface area (Å²) in [5.41, 5.74) is 0.799. The first-order valence-electron chi connectivity index (χ1n) is 8.81. The van der Waals surface area contributed by atoms with Crippen LogP contribution in [0.4, 0.5) is 5.82 Å². The fraction of sp³-hybridized carbons (Fsp3) is 0.278. The normalized spacial score (nSPS) is 14.3. The van der Waals surface area contributed by atoms with Gasteiger partial charge in [0.2, 0.25) is 11.1 Å². The number of aromatic nitrogens is 5. The molecule has 144 valence electrons. The molecule has 0 bridgehead atoms. The molecule has 4 rings (SSSR count). The van der Waals surface area contributed by atoms with E-state index in [1.807, 2.05) is 35.2 Å². The standard InChI is InChI=1S/C18H18ClN7OS/c19-14-4-6-15(7-5-14)26-18(21-22-23-26)28-13-17(27)25-11-9-24(10-12-25)16-3-1-2-8-20-16/h1-8H,9-13H2. The molecule has 1 aliphatic rings. The SMILES string of the molecule is O=C(CSc1nnnn1-c1ccc(Cl)cc1)N1CCN(c2ccccn2)CC1. The molecule has 2 aromatic heterocycles. The van der Waals surface area contributed by atoms with E-state index in [0.717, 1.165) is 24.6 Å². The molecule has 0 aliphatic carbocycles. The highest BCUT2D eigenvalue weighted by Crippen LogP contribution is 2.20. The lowest BCUT2D eigenvalue weighted by atomic mass is 10.3. The maximum absolute atomic E-state index is 12.6. The molecule has 0 saturated carbocycles. The molecule has 1 amide bonds. The molecule has 0 unspecified atom stereocenters. The Morgan fingerprint density at radius 3 is 2.57 bits per heavy atom. The molecular formula is C18H18ClN7OS. The van der Waals surface area contributed by atoms with Crippen LogP contribution < -0.4 is 4.90 Å². The number of thioether (sulfide) groups is 1. The zero-order chi connectivity index (χ0) is 19.3. The molecule has 1 aromatic carbocycles. The number of pyridine rings is 1. The third kappa shape index (κ3) is 4.26. The molecule has 10 heteroatoms. The van der Waals surface area contributed by atoms with Gasteiger partial charge in [-0.25, -0.2) is 4.98 Å². The van der Waals surface area contributed by atoms with Crippen molar-refractivity contribution in [2.24, 2.45) is 0 Å². The van der Waals surface area contributed by atoms with Gasteiger partial charge in [-0.1, -0.05) is 29.4 Å². The van der Waals surface area contributed by atoms with E-state index in [4.69, 9.17) is 11.6 Å². The average Bonchev–Trinajstić information content (AvgIpc) is 3.22. The molecule has 28 heavy (non-hydrogen) atoms. The third-order valence-corrected chi connectivity index (χ3v) is 5.60. The molecule has 1 saturated heterocycles. The van der Waals surface area contributed by atoms with Crippen LogP contribution in [0.15, 0.2) is 53.8 Å². The summed E-state index contributed by atoms with van der Waals surface area (Å²) >= 11 is 7.26. The summed E-state index contributed by atoms with van der Waals surface area (Å²) in [6.07, 6.45) is 1.79. The Morgan fingerprint density at radius 2 is 1.86 bits per heavy atom. The number of tetrazole rings is 1. The van der Waals surface area contributed by atoms with E-state index in [1.165, 1.54) is 11.8 Å². The van der Waals surface area contributed by atoms with Crippen LogP contribution in [0.5, 0.6) is 0 Å². The number of carbonyl (C=O) groups is 1. The molecule has 0 N–H and O–H groups in total. The minimum Gasteiger partial charge on any atom is -0.353 e. The summed E-state index contributed by atoms with van der Waals surface area (Å²) in [6.45, 7) is 2.90. The van der Waals surface area contributed by atoms with E-state index in [2.05, 4.69) is 25.4 Å². The van der Waals surface area contributed by atoms with Gasteiger partial charge in [-0.3, -0.25) is 4.79 Å². The Balaban J connectivity index is 1.32. The van der Waals surface area contributed by atoms with E-state index < -0.39 is 0 Å². The molecule has 0 spiro atoms. The van der Waals surface area contributed by atoms with Gasteiger partial charge in [0.1, 0.15) is 5.82 Å². The second kappa shape index (κ2) is 8.57. The first-order chi connectivity index (χ1) is 13.7. The summed E-state index contributed by atoms with van der Waals surface area (Å²) in [7, 11) is 0. The Hall–Kier alpha value is -2.65. The molecular weight excluding hydrogens is 398 g/mol. The van der Waals surface area contributed by atoms with Crippen LogP contribution in [-0.4, -0.2) is 67.9 Å². The molecule has 3 aromatic rings. The lowest BCUT2D eigenvalue weighted by Crippen LogP contribution is -2.49. The predicted octanol–water partition coefficient (Wildman–Crippen LogP) is 2.15. The maximum atomic E-state index is 12.6. The van der Waals surface area contributed by atoms with Gasteiger partial charge in [0.25, 0.3) is 0 Å². The number of piperazine rings is 1. The van der Waals surface area contributed by atoms with Crippen LogP contribution in [0.2, 0.25) is 5.02 Å². The summed E-state index contributed by atoms with van der Waals surface area (Å²) in [4.78, 5) is 21.0. The van der Waals surface area contributed by atoms with Crippen LogP contribution in [0.25, 0.3) is 5.69 Å². The fourth-order valence-electron chi connectivity index (χ4n) is 2.96. The van der Waals surface area contributed by atoms with Crippen LogP contribution in [0.1, 0.15) is 0 Å². The topological polar surface area (TPSA) is 80.0 Å². The smallest absolute Gasteiger partial charge is 0.233 e. The number of rotatable bonds is 5. The maximum Gasteiger partial charge on any atom is 0.233 e. The summed E-state index contributed by atoms with van der Waals surface area (Å²) in [5, 5.41) is 13.0. The second-order valence-electron chi connectivity index (χ2n) is 6.19. The highest BCUT2D eigenvalue weighted by atomic mass is 35.5. The minimum absolute atomic E-state index is 0.0799. The van der Waals surface area contributed by atoms with Crippen molar-refractivity contribution < 1.29 is 4.79 Å². The van der Waals surface area contributed by atoms with Crippen molar-refractivity contribution >= 4 is 35.1 Å². The highest BCUT2D eigenvalue weighted by Gasteiger charge is 2.22. The number of amides is 1. The number of anilines is 1. The van der Waals surface area contributed by atoms with Gasteiger partial charge in [0, 0.05) is 37.4 Å². The quantitative estimate of drug-likeness (QED) is 0.590. The van der Waals surface area contributed by atoms with E-state index >= 15 is 0 Å². The van der Waals surface area contributed by atoms with Crippen molar-refractivity contribution in [3.05, 3.63) is 53.7 Å². The Labute approximate surface area is 171 Å². The summed E-state index contributed by atoms with van der Waals surface area (Å²) < 4.78 is 1.60. The first kappa shape index (κ1) is 18.7. The molecule has 3 heterocycles. The fourth-order valence-corrected chi connectivity index (χ4v) is 3.88. The van der Waals surface area contributed by atoms with Crippen LogP contribution in [0, 0.1) is 0 Å². The van der Waals surface area contributed by atoms with E-state index in [1.54, 1.807) is 23.0 Å². The molecule has 1 fully saturated rings. The molecule has 0 radical (unpaired) electrons. The van der Waals surface area contributed by atoms with Gasteiger partial charge in [-0.05, 0) is 46.8 Å². The van der Waals surface area contributed by atoms with Gasteiger partial charge in [0.05, 0.1) is 11.4 Å². The van der Waals surface area contributed by atoms with Gasteiger partial charge in [-0.2, -0.15) is 4.68 Å². The van der Waals surface area contributed by atoms with Gasteiger partial charge in [-0.15, -0.1) is 5.10 Å². The predicted molar refractivity (Wildman–Crippen MR) is 108 cm³/mol. The number of halogens is 1. The second-order valence-corrected chi connectivity index (χ2v) is 7.57. The Bertz CT molecular complexity index is 927. The van der Waals surface area contributed by atoms with Crippen LogP contribution in [-0.2, 0) is 4.79 Å². The number of carbonyl (C=O) groups excluding carboxylic acids is 1. The minimum atomic E-state index is 0.0799. The van der Waals surface area contributed by atoms with Crippen molar-refractivity contribution in [2.75, 3.05) is 36.8 Å². The molecule has 0 atom stereocenters. The Morgan fingerprint density at radius 1 is 1.07 bits per heavy atom. The van der Waals surface area contributed by atoms with E-state index in [0.29, 0.717) is 23.3 Å². The summed E-state index contributed by atoms with van der Waals surface area (Å²) in [5.74, 6) is 1.32. The largest absolute Gasteiger partial charge is 0.353 e. The van der Waals surface area contributed by atoms with Crippen molar-refractivity contribution in [1.29, 1.82) is 0 Å². The molecule has 1 aliphatic heterocycles. The van der Waals surface area contributed by atoms with Crippen molar-refractivity contribution in [1.82, 2.24) is 30.1 Å². The van der Waals surface area contributed by atoms with Gasteiger partial charge >= 0.3 is 0 Å². The zero-order valence-electron chi connectivity index (χ0n) is 15.0. The van der Waals surface area contributed by atoms with Crippen molar-refractivity contribution in [2.45, 2.75) is 5.16 Å². The first-order valence-corrected chi connectivity index (χ1v) is 10.2. The highest BCUT2D eigenvalue weighted by molar-refractivity contribution is 7.99. The third-order valence-electron chi connectivity index (χ3n) is 4.44. The number of hydrogen-bond donors (Lipinski definition) is 0. The number of benzene rings is 1. The zero-order valence-corrected chi connectivity index (χ0v) is 16.6. The molecule has 8 nitrogen and oxygen atoms in total. The van der Waals surface area contributed by atoms with E-state index in [9.17, 15) is 4.79 Å². The average molecular weight is 416 g/mol. The van der Waals surface area contributed by atoms with E-state index in [-0.39, 0.29) is 11.7 Å².